The van der Waals surface area contributed by atoms with Crippen molar-refractivity contribution in [3.8, 4) is 0 Å². The molecule has 0 aliphatic heterocycles. The fourth-order valence-electron chi connectivity index (χ4n) is 2.69. The van der Waals surface area contributed by atoms with E-state index < -0.39 is 11.9 Å². The van der Waals surface area contributed by atoms with Crippen molar-refractivity contribution < 1.29 is 14.7 Å². The smallest absolute Gasteiger partial charge is 0.306 e. The highest BCUT2D eigenvalue weighted by atomic mass is 35.5. The zero-order valence-electron chi connectivity index (χ0n) is 14.0. The van der Waals surface area contributed by atoms with Crippen molar-refractivity contribution in [1.29, 1.82) is 0 Å². The molecule has 0 aliphatic carbocycles. The van der Waals surface area contributed by atoms with Crippen LogP contribution in [0.15, 0.2) is 30.3 Å². The van der Waals surface area contributed by atoms with Gasteiger partial charge < -0.3 is 5.11 Å². The highest BCUT2D eigenvalue weighted by molar-refractivity contribution is 7.14. The van der Waals surface area contributed by atoms with Crippen LogP contribution >= 0.6 is 22.9 Å². The molecule has 0 radical (unpaired) electrons. The lowest BCUT2D eigenvalue weighted by Gasteiger charge is -2.20. The number of ketones is 1. The number of carbonyl (C=O) groups is 2. The monoisotopic (exact) mass is 364 g/mol. The van der Waals surface area contributed by atoms with E-state index in [9.17, 15) is 14.7 Å². The molecule has 0 saturated heterocycles. The van der Waals surface area contributed by atoms with Crippen LogP contribution in [-0.4, -0.2) is 16.9 Å². The zero-order chi connectivity index (χ0) is 17.9. The van der Waals surface area contributed by atoms with Crippen LogP contribution in [0, 0.1) is 12.8 Å². The van der Waals surface area contributed by atoms with Crippen LogP contribution in [0.5, 0.6) is 0 Å². The molecule has 2 unspecified atom stereocenters. The number of alkyl halides is 1. The lowest BCUT2D eigenvalue weighted by Crippen LogP contribution is -2.20. The fraction of sp³-hybridized carbons (Fsp3) is 0.368. The highest BCUT2D eigenvalue weighted by Gasteiger charge is 2.27. The molecule has 0 amide bonds. The normalized spacial score (nSPS) is 13.5. The lowest BCUT2D eigenvalue weighted by molar-refractivity contribution is -0.141. The van der Waals surface area contributed by atoms with Crippen LogP contribution in [0.2, 0.25) is 0 Å². The van der Waals surface area contributed by atoms with E-state index in [-0.39, 0.29) is 11.7 Å². The van der Waals surface area contributed by atoms with Crippen LogP contribution in [-0.2, 0) is 17.1 Å². The molecule has 0 aliphatic rings. The first-order valence-electron chi connectivity index (χ1n) is 7.81. The molecule has 1 N–H and O–H groups in total. The Labute approximate surface area is 151 Å². The maximum Gasteiger partial charge on any atom is 0.306 e. The molecule has 2 atom stereocenters. The van der Waals surface area contributed by atoms with Crippen molar-refractivity contribution >= 4 is 34.7 Å². The maximum atomic E-state index is 11.5. The summed E-state index contributed by atoms with van der Waals surface area (Å²) in [6.45, 7) is 5.26. The average molecular weight is 365 g/mol. The van der Waals surface area contributed by atoms with Gasteiger partial charge in [0.2, 0.25) is 0 Å². The van der Waals surface area contributed by atoms with Gasteiger partial charge in [-0.25, -0.2) is 0 Å². The summed E-state index contributed by atoms with van der Waals surface area (Å²) in [4.78, 5) is 24.7. The molecule has 1 aromatic heterocycles. The molecule has 3 nitrogen and oxygen atoms in total. The summed E-state index contributed by atoms with van der Waals surface area (Å²) in [7, 11) is 0. The summed E-state index contributed by atoms with van der Waals surface area (Å²) < 4.78 is 0. The van der Waals surface area contributed by atoms with Crippen molar-refractivity contribution in [2.24, 2.45) is 5.92 Å². The van der Waals surface area contributed by atoms with Gasteiger partial charge in [0.15, 0.2) is 5.78 Å². The van der Waals surface area contributed by atoms with E-state index in [1.165, 1.54) is 18.3 Å². The molecule has 5 heteroatoms. The second-order valence-electron chi connectivity index (χ2n) is 6.09. The Balaban J connectivity index is 2.36. The summed E-state index contributed by atoms with van der Waals surface area (Å²) >= 11 is 7.37. The number of benzene rings is 1. The minimum absolute atomic E-state index is 0.00717. The summed E-state index contributed by atoms with van der Waals surface area (Å²) in [5, 5.41) is 9.47. The molecular weight excluding hydrogens is 344 g/mol. The number of carbonyl (C=O) groups excluding carboxylic acids is 1. The molecule has 0 bridgehead atoms. The largest absolute Gasteiger partial charge is 0.481 e. The number of hydrogen-bond donors (Lipinski definition) is 1. The summed E-state index contributed by atoms with van der Waals surface area (Å²) in [5.41, 5.74) is 3.25. The molecule has 2 rings (SSSR count). The number of carboxylic acid groups (broad SMARTS) is 1. The summed E-state index contributed by atoms with van der Waals surface area (Å²) in [6, 6.07) is 9.74. The molecular formula is C19H21ClO3S. The number of hydrogen-bond acceptors (Lipinski definition) is 3. The van der Waals surface area contributed by atoms with Crippen LogP contribution in [0.4, 0.5) is 0 Å². The van der Waals surface area contributed by atoms with Gasteiger partial charge in [-0.1, -0.05) is 25.1 Å². The Bertz CT molecular complexity index is 751. The SMILES string of the molecule is CC(=O)c1ccc(C(Cc2ccc(C)c(CCl)c2)C(C)C(=O)O)s1. The van der Waals surface area contributed by atoms with Gasteiger partial charge in [-0.05, 0) is 49.1 Å². The van der Waals surface area contributed by atoms with Crippen molar-refractivity contribution in [2.75, 3.05) is 0 Å². The van der Waals surface area contributed by atoms with Crippen LogP contribution in [0.3, 0.4) is 0 Å². The summed E-state index contributed by atoms with van der Waals surface area (Å²) in [5.74, 6) is -1.10. The first-order valence-corrected chi connectivity index (χ1v) is 9.16. The number of aliphatic carboxylic acids is 1. The number of halogens is 1. The van der Waals surface area contributed by atoms with Gasteiger partial charge in [0.05, 0.1) is 10.8 Å². The van der Waals surface area contributed by atoms with Crippen molar-refractivity contribution in [3.63, 3.8) is 0 Å². The van der Waals surface area contributed by atoms with Crippen molar-refractivity contribution in [1.82, 2.24) is 0 Å². The predicted octanol–water partition coefficient (Wildman–Crippen LogP) is 5.04. The third-order valence-electron chi connectivity index (χ3n) is 4.35. The van der Waals surface area contributed by atoms with Gasteiger partial charge >= 0.3 is 5.97 Å². The fourth-order valence-corrected chi connectivity index (χ4v) is 4.08. The van der Waals surface area contributed by atoms with E-state index >= 15 is 0 Å². The standard InChI is InChI=1S/C19H21ClO3S/c1-11-4-5-14(8-15(11)10-20)9-16(12(2)19(22)23)18-7-6-17(24-18)13(3)21/h4-8,12,16H,9-10H2,1-3H3,(H,22,23). The molecule has 1 aromatic carbocycles. The Morgan fingerprint density at radius 2 is 1.96 bits per heavy atom. The topological polar surface area (TPSA) is 54.4 Å². The van der Waals surface area contributed by atoms with Gasteiger partial charge in [-0.2, -0.15) is 0 Å². The molecule has 0 saturated carbocycles. The van der Waals surface area contributed by atoms with Crippen molar-refractivity contribution in [3.05, 3.63) is 56.8 Å². The van der Waals surface area contributed by atoms with Gasteiger partial charge in [0.1, 0.15) is 0 Å². The van der Waals surface area contributed by atoms with E-state index in [4.69, 9.17) is 11.6 Å². The summed E-state index contributed by atoms with van der Waals surface area (Å²) in [6.07, 6.45) is 0.607. The zero-order valence-corrected chi connectivity index (χ0v) is 15.6. The second kappa shape index (κ2) is 7.95. The number of rotatable bonds is 7. The minimum Gasteiger partial charge on any atom is -0.481 e. The third-order valence-corrected chi connectivity index (χ3v) is 5.95. The Morgan fingerprint density at radius 1 is 1.25 bits per heavy atom. The number of thiophene rings is 1. The van der Waals surface area contributed by atoms with Crippen LogP contribution in [0.25, 0.3) is 0 Å². The highest BCUT2D eigenvalue weighted by Crippen LogP contribution is 2.34. The van der Waals surface area contributed by atoms with Gasteiger partial charge in [0.25, 0.3) is 0 Å². The molecule has 1 heterocycles. The Hall–Kier alpha value is -1.65. The van der Waals surface area contributed by atoms with Gasteiger partial charge in [0, 0.05) is 16.7 Å². The number of Topliss-reactive ketones (excluding diaryl/α,β-unsaturated/α-hetero) is 1. The van der Waals surface area contributed by atoms with E-state index in [2.05, 4.69) is 0 Å². The first-order chi connectivity index (χ1) is 11.3. The van der Waals surface area contributed by atoms with Crippen LogP contribution < -0.4 is 0 Å². The van der Waals surface area contributed by atoms with E-state index in [1.807, 2.05) is 31.2 Å². The second-order valence-corrected chi connectivity index (χ2v) is 7.47. The minimum atomic E-state index is -0.831. The Morgan fingerprint density at radius 3 is 2.50 bits per heavy atom. The van der Waals surface area contributed by atoms with Crippen LogP contribution in [0.1, 0.15) is 51.0 Å². The molecule has 24 heavy (non-hydrogen) atoms. The first kappa shape index (κ1) is 18.7. The molecule has 0 spiro atoms. The quantitative estimate of drug-likeness (QED) is 0.552. The maximum absolute atomic E-state index is 11.5. The van der Waals surface area contributed by atoms with Gasteiger partial charge in [-0.3, -0.25) is 9.59 Å². The average Bonchev–Trinajstić information content (AvgIpc) is 3.03. The third kappa shape index (κ3) is 4.25. The van der Waals surface area contributed by atoms with E-state index in [0.29, 0.717) is 17.2 Å². The predicted molar refractivity (Wildman–Crippen MR) is 98.3 cm³/mol. The van der Waals surface area contributed by atoms with E-state index in [1.54, 1.807) is 13.0 Å². The lowest BCUT2D eigenvalue weighted by atomic mass is 9.86. The van der Waals surface area contributed by atoms with Gasteiger partial charge in [-0.15, -0.1) is 22.9 Å². The molecule has 128 valence electrons. The number of aryl methyl sites for hydroxylation is 1. The molecule has 2 aromatic rings. The Kier molecular flexibility index (Phi) is 6.19. The van der Waals surface area contributed by atoms with Crippen molar-refractivity contribution in [2.45, 2.75) is 39.0 Å². The molecule has 0 fully saturated rings. The van der Waals surface area contributed by atoms with E-state index in [0.717, 1.165) is 21.6 Å². The number of carboxylic acids is 1.